The predicted molar refractivity (Wildman–Crippen MR) is 121 cm³/mol. The molecule has 178 valence electrons. The molecular formula is C25H38N2O5. The molecule has 1 amide bonds. The van der Waals surface area contributed by atoms with Crippen LogP contribution >= 0.6 is 0 Å². The van der Waals surface area contributed by atoms with Gasteiger partial charge in [0, 0.05) is 24.9 Å². The Kier molecular flexibility index (Phi) is 6.82. The average Bonchev–Trinajstić information content (AvgIpc) is 2.80. The number of nitrogens with two attached hydrogens (primary N) is 1. The molecule has 0 spiro atoms. The Morgan fingerprint density at radius 2 is 1.97 bits per heavy atom. The molecule has 3 fully saturated rings. The Hall–Kier alpha value is -1.67. The van der Waals surface area contributed by atoms with Crippen LogP contribution in [-0.2, 0) is 20.8 Å². The van der Waals surface area contributed by atoms with Gasteiger partial charge in [0.15, 0.2) is 6.29 Å². The predicted octanol–water partition coefficient (Wildman–Crippen LogP) is 2.60. The van der Waals surface area contributed by atoms with Crippen LogP contribution in [0.2, 0.25) is 0 Å². The third-order valence-electron chi connectivity index (χ3n) is 8.48. The van der Waals surface area contributed by atoms with Gasteiger partial charge in [0.1, 0.15) is 5.75 Å². The van der Waals surface area contributed by atoms with Gasteiger partial charge < -0.3 is 30.4 Å². The molecular weight excluding hydrogens is 408 g/mol. The van der Waals surface area contributed by atoms with Crippen LogP contribution in [0.5, 0.6) is 5.75 Å². The minimum Gasteiger partial charge on any atom is -0.497 e. The first-order valence-electron chi connectivity index (χ1n) is 11.8. The van der Waals surface area contributed by atoms with E-state index in [1.54, 1.807) is 7.11 Å². The summed E-state index contributed by atoms with van der Waals surface area (Å²) in [5.41, 5.74) is 6.53. The van der Waals surface area contributed by atoms with E-state index in [0.29, 0.717) is 38.5 Å². The van der Waals surface area contributed by atoms with Crippen molar-refractivity contribution in [3.63, 3.8) is 0 Å². The van der Waals surface area contributed by atoms with Crippen molar-refractivity contribution in [3.8, 4) is 5.75 Å². The van der Waals surface area contributed by atoms with Crippen LogP contribution in [0.25, 0.3) is 0 Å². The van der Waals surface area contributed by atoms with Crippen molar-refractivity contribution in [2.45, 2.75) is 71.0 Å². The van der Waals surface area contributed by atoms with E-state index in [2.05, 4.69) is 19.2 Å². The van der Waals surface area contributed by atoms with Crippen molar-refractivity contribution in [2.24, 2.45) is 28.4 Å². The first kappa shape index (κ1) is 23.5. The SMILES string of the molecule is COc1ccc(CNC(=O)C[C@@H]2[C@H](O)CC[C@@H]3[C@]4(C)CO[C@@H](CN)O[C@H]4CC[C@]32C)cc1. The molecule has 1 aromatic rings. The highest BCUT2D eigenvalue weighted by molar-refractivity contribution is 5.76. The lowest BCUT2D eigenvalue weighted by atomic mass is 9.46. The molecule has 4 N–H and O–H groups in total. The maximum atomic E-state index is 12.9. The van der Waals surface area contributed by atoms with Gasteiger partial charge in [0.2, 0.25) is 5.91 Å². The van der Waals surface area contributed by atoms with Crippen LogP contribution in [0.15, 0.2) is 24.3 Å². The molecule has 1 aliphatic heterocycles. The number of hydrogen-bond donors (Lipinski definition) is 3. The van der Waals surface area contributed by atoms with Crippen molar-refractivity contribution in [1.82, 2.24) is 5.32 Å². The third kappa shape index (κ3) is 4.28. The lowest BCUT2D eigenvalue weighted by Gasteiger charge is -2.62. The van der Waals surface area contributed by atoms with Gasteiger partial charge in [0.05, 0.1) is 25.9 Å². The second-order valence-corrected chi connectivity index (χ2v) is 10.3. The Labute approximate surface area is 191 Å². The summed E-state index contributed by atoms with van der Waals surface area (Å²) >= 11 is 0. The molecule has 0 bridgehead atoms. The van der Waals surface area contributed by atoms with Crippen molar-refractivity contribution >= 4 is 5.91 Å². The molecule has 1 saturated heterocycles. The maximum Gasteiger partial charge on any atom is 0.220 e. The molecule has 0 aromatic heterocycles. The van der Waals surface area contributed by atoms with E-state index in [9.17, 15) is 9.90 Å². The van der Waals surface area contributed by atoms with E-state index in [4.69, 9.17) is 19.9 Å². The molecule has 0 unspecified atom stereocenters. The van der Waals surface area contributed by atoms with Crippen LogP contribution in [-0.4, -0.2) is 49.8 Å². The summed E-state index contributed by atoms with van der Waals surface area (Å²) in [4.78, 5) is 12.9. The lowest BCUT2D eigenvalue weighted by Crippen LogP contribution is -2.63. The van der Waals surface area contributed by atoms with Crippen LogP contribution in [0.1, 0.15) is 51.5 Å². The molecule has 4 rings (SSSR count). The number of benzene rings is 1. The number of amides is 1. The fraction of sp³-hybridized carbons (Fsp3) is 0.720. The summed E-state index contributed by atoms with van der Waals surface area (Å²) in [5.74, 6) is 1.03. The summed E-state index contributed by atoms with van der Waals surface area (Å²) in [6.45, 7) is 5.97. The van der Waals surface area contributed by atoms with E-state index in [1.807, 2.05) is 24.3 Å². The second kappa shape index (κ2) is 9.29. The van der Waals surface area contributed by atoms with Crippen LogP contribution in [0.3, 0.4) is 0 Å². The quantitative estimate of drug-likeness (QED) is 0.621. The number of nitrogens with one attached hydrogen (secondary N) is 1. The molecule has 2 saturated carbocycles. The van der Waals surface area contributed by atoms with Crippen molar-refractivity contribution in [2.75, 3.05) is 20.3 Å². The Morgan fingerprint density at radius 1 is 1.22 bits per heavy atom. The first-order chi connectivity index (χ1) is 15.3. The number of rotatable bonds is 6. The maximum absolute atomic E-state index is 12.9. The highest BCUT2D eigenvalue weighted by Crippen LogP contribution is 2.62. The zero-order chi connectivity index (χ0) is 22.9. The molecule has 7 nitrogen and oxygen atoms in total. The third-order valence-corrected chi connectivity index (χ3v) is 8.48. The number of fused-ring (bicyclic) bond motifs is 3. The average molecular weight is 447 g/mol. The normalized spacial score (nSPS) is 39.0. The molecule has 0 radical (unpaired) electrons. The number of methoxy groups -OCH3 is 1. The van der Waals surface area contributed by atoms with E-state index in [-0.39, 0.29) is 35.0 Å². The van der Waals surface area contributed by atoms with E-state index >= 15 is 0 Å². The first-order valence-corrected chi connectivity index (χ1v) is 11.8. The second-order valence-electron chi connectivity index (χ2n) is 10.3. The zero-order valence-electron chi connectivity index (χ0n) is 19.5. The number of hydrogen-bond acceptors (Lipinski definition) is 6. The molecule has 32 heavy (non-hydrogen) atoms. The number of aliphatic hydroxyl groups excluding tert-OH is 1. The number of aliphatic hydroxyl groups is 1. The summed E-state index contributed by atoms with van der Waals surface area (Å²) in [6, 6.07) is 7.68. The summed E-state index contributed by atoms with van der Waals surface area (Å²) < 4.78 is 17.3. The van der Waals surface area contributed by atoms with Crippen molar-refractivity contribution in [3.05, 3.63) is 29.8 Å². The fourth-order valence-electron chi connectivity index (χ4n) is 6.63. The zero-order valence-corrected chi connectivity index (χ0v) is 19.5. The van der Waals surface area contributed by atoms with Crippen LogP contribution in [0, 0.1) is 22.7 Å². The molecule has 3 aliphatic rings. The van der Waals surface area contributed by atoms with Crippen LogP contribution in [0.4, 0.5) is 0 Å². The number of carbonyl (C=O) groups is 1. The van der Waals surface area contributed by atoms with Gasteiger partial charge in [-0.05, 0) is 60.6 Å². The van der Waals surface area contributed by atoms with Crippen molar-refractivity contribution < 1.29 is 24.1 Å². The standard InChI is InChI=1S/C25H38N2O5/c1-24-11-10-21-25(2,15-31-23(13-26)32-21)20(24)9-8-19(28)18(24)12-22(29)27-14-16-4-6-17(30-3)7-5-16/h4-7,18-21,23,28H,8-15,26H2,1-3H3,(H,27,29)/t18-,19-,20+,21+,23-,24+,25+/m1/s1. The van der Waals surface area contributed by atoms with Gasteiger partial charge in [-0.15, -0.1) is 0 Å². The Morgan fingerprint density at radius 3 is 2.66 bits per heavy atom. The number of carbonyl (C=O) groups excluding carboxylic acids is 1. The van der Waals surface area contributed by atoms with E-state index in [0.717, 1.165) is 30.6 Å². The molecule has 1 heterocycles. The van der Waals surface area contributed by atoms with Gasteiger partial charge in [0.25, 0.3) is 0 Å². The molecule has 7 atom stereocenters. The monoisotopic (exact) mass is 446 g/mol. The fourth-order valence-corrected chi connectivity index (χ4v) is 6.63. The molecule has 7 heteroatoms. The van der Waals surface area contributed by atoms with Gasteiger partial charge in [-0.3, -0.25) is 4.79 Å². The molecule has 2 aliphatic carbocycles. The summed E-state index contributed by atoms with van der Waals surface area (Å²) in [5, 5.41) is 14.0. The highest BCUT2D eigenvalue weighted by Gasteiger charge is 2.61. The smallest absolute Gasteiger partial charge is 0.220 e. The van der Waals surface area contributed by atoms with Crippen LogP contribution < -0.4 is 15.8 Å². The summed E-state index contributed by atoms with van der Waals surface area (Å²) in [6.07, 6.45) is 3.12. The molecule has 1 aromatic carbocycles. The summed E-state index contributed by atoms with van der Waals surface area (Å²) in [7, 11) is 1.64. The van der Waals surface area contributed by atoms with Gasteiger partial charge in [-0.2, -0.15) is 0 Å². The van der Waals surface area contributed by atoms with E-state index in [1.165, 1.54) is 0 Å². The Bertz CT molecular complexity index is 802. The van der Waals surface area contributed by atoms with Gasteiger partial charge in [-0.25, -0.2) is 0 Å². The largest absolute Gasteiger partial charge is 0.497 e. The van der Waals surface area contributed by atoms with E-state index < -0.39 is 6.10 Å². The Balaban J connectivity index is 1.43. The highest BCUT2D eigenvalue weighted by atomic mass is 16.7. The lowest BCUT2D eigenvalue weighted by molar-refractivity contribution is -0.305. The minimum atomic E-state index is -0.467. The minimum absolute atomic E-state index is 0.0154. The topological polar surface area (TPSA) is 103 Å². The van der Waals surface area contributed by atoms with Gasteiger partial charge >= 0.3 is 0 Å². The van der Waals surface area contributed by atoms with Gasteiger partial charge in [-0.1, -0.05) is 26.0 Å². The van der Waals surface area contributed by atoms with Crippen molar-refractivity contribution in [1.29, 1.82) is 0 Å². The number of ether oxygens (including phenoxy) is 3.